The third-order valence-electron chi connectivity index (χ3n) is 3.73. The number of aromatic nitrogens is 3. The van der Waals surface area contributed by atoms with Crippen molar-refractivity contribution in [1.82, 2.24) is 25.0 Å². The molecule has 1 atom stereocenters. The van der Waals surface area contributed by atoms with Gasteiger partial charge in [-0.2, -0.15) is 5.10 Å². The van der Waals surface area contributed by atoms with Crippen LogP contribution in [0, 0.1) is 5.92 Å². The minimum absolute atomic E-state index is 0.0185. The normalized spacial score (nSPS) is 17.8. The summed E-state index contributed by atoms with van der Waals surface area (Å²) in [5, 5.41) is 7.01. The van der Waals surface area contributed by atoms with Gasteiger partial charge in [0.2, 0.25) is 11.8 Å². The van der Waals surface area contributed by atoms with Gasteiger partial charge in [0, 0.05) is 45.1 Å². The number of carbonyl (C=O) groups excluding carboxylic acids is 2. The smallest absolute Gasteiger partial charge is 0.225 e. The van der Waals surface area contributed by atoms with Crippen LogP contribution in [0.15, 0.2) is 36.8 Å². The van der Waals surface area contributed by atoms with Gasteiger partial charge in [0.25, 0.3) is 0 Å². The van der Waals surface area contributed by atoms with Gasteiger partial charge < -0.3 is 10.2 Å². The van der Waals surface area contributed by atoms with E-state index in [0.717, 1.165) is 5.56 Å². The molecule has 3 rings (SSSR count). The van der Waals surface area contributed by atoms with Crippen molar-refractivity contribution < 1.29 is 9.59 Å². The lowest BCUT2D eigenvalue weighted by atomic mass is 10.1. The number of rotatable bonds is 4. The molecular weight excluding hydrogens is 282 g/mol. The van der Waals surface area contributed by atoms with Crippen molar-refractivity contribution in [3.63, 3.8) is 0 Å². The highest BCUT2D eigenvalue weighted by atomic mass is 16.2. The summed E-state index contributed by atoms with van der Waals surface area (Å²) < 4.78 is 1.66. The Kier molecular flexibility index (Phi) is 3.86. The van der Waals surface area contributed by atoms with Crippen LogP contribution in [0.1, 0.15) is 12.0 Å². The average Bonchev–Trinajstić information content (AvgIpc) is 3.16. The van der Waals surface area contributed by atoms with Crippen molar-refractivity contribution in [3.05, 3.63) is 42.4 Å². The minimum atomic E-state index is -0.259. The monoisotopic (exact) mass is 299 g/mol. The summed E-state index contributed by atoms with van der Waals surface area (Å²) in [6.07, 6.45) is 5.47. The van der Waals surface area contributed by atoms with Crippen LogP contribution in [0.4, 0.5) is 0 Å². The summed E-state index contributed by atoms with van der Waals surface area (Å²) in [6, 6.07) is 5.54. The molecule has 3 heterocycles. The molecule has 0 bridgehead atoms. The number of hydrogen-bond acceptors (Lipinski definition) is 4. The van der Waals surface area contributed by atoms with Gasteiger partial charge >= 0.3 is 0 Å². The summed E-state index contributed by atoms with van der Waals surface area (Å²) in [5.41, 5.74) is 0.937. The Morgan fingerprint density at radius 2 is 2.32 bits per heavy atom. The Morgan fingerprint density at radius 1 is 1.45 bits per heavy atom. The minimum Gasteiger partial charge on any atom is -0.352 e. The maximum absolute atomic E-state index is 12.1. The first-order valence-corrected chi connectivity index (χ1v) is 7.10. The first-order valence-electron chi connectivity index (χ1n) is 7.10. The molecule has 1 N–H and O–H groups in total. The summed E-state index contributed by atoms with van der Waals surface area (Å²) in [5.74, 6) is 0.373. The van der Waals surface area contributed by atoms with Gasteiger partial charge in [0.15, 0.2) is 5.82 Å². The fourth-order valence-electron chi connectivity index (χ4n) is 2.47. The van der Waals surface area contributed by atoms with E-state index in [1.807, 2.05) is 24.4 Å². The maximum Gasteiger partial charge on any atom is 0.225 e. The summed E-state index contributed by atoms with van der Waals surface area (Å²) in [6.45, 7) is 0.892. The van der Waals surface area contributed by atoms with Crippen LogP contribution in [0.3, 0.4) is 0 Å². The van der Waals surface area contributed by atoms with E-state index in [1.165, 1.54) is 0 Å². The molecule has 1 aliphatic heterocycles. The highest BCUT2D eigenvalue weighted by Crippen LogP contribution is 2.16. The molecule has 7 heteroatoms. The van der Waals surface area contributed by atoms with Crippen LogP contribution in [0.2, 0.25) is 0 Å². The van der Waals surface area contributed by atoms with E-state index in [9.17, 15) is 9.59 Å². The molecule has 7 nitrogen and oxygen atoms in total. The van der Waals surface area contributed by atoms with E-state index in [4.69, 9.17) is 0 Å². The van der Waals surface area contributed by atoms with Crippen molar-refractivity contribution in [3.8, 4) is 5.82 Å². The van der Waals surface area contributed by atoms with Gasteiger partial charge in [0.05, 0.1) is 5.92 Å². The Bertz CT molecular complexity index is 683. The third-order valence-corrected chi connectivity index (χ3v) is 3.73. The number of nitrogens with one attached hydrogen (secondary N) is 1. The number of pyridine rings is 1. The predicted octanol–water partition coefficient (Wildman–Crippen LogP) is 0.362. The average molecular weight is 299 g/mol. The molecule has 0 aromatic carbocycles. The topological polar surface area (TPSA) is 80.1 Å². The van der Waals surface area contributed by atoms with Crippen molar-refractivity contribution in [2.45, 2.75) is 13.0 Å². The molecule has 2 aromatic rings. The maximum atomic E-state index is 12.1. The Labute approximate surface area is 127 Å². The van der Waals surface area contributed by atoms with Crippen LogP contribution in [-0.4, -0.2) is 45.1 Å². The van der Waals surface area contributed by atoms with Gasteiger partial charge in [0.1, 0.15) is 0 Å². The van der Waals surface area contributed by atoms with E-state index < -0.39 is 0 Å². The van der Waals surface area contributed by atoms with Gasteiger partial charge in [-0.25, -0.2) is 9.67 Å². The number of likely N-dealkylation sites (tertiary alicyclic amines) is 1. The van der Waals surface area contributed by atoms with Crippen LogP contribution >= 0.6 is 0 Å². The Hall–Kier alpha value is -2.70. The first kappa shape index (κ1) is 14.2. The van der Waals surface area contributed by atoms with Gasteiger partial charge in [-0.1, -0.05) is 0 Å². The molecule has 2 amide bonds. The lowest BCUT2D eigenvalue weighted by molar-refractivity contribution is -0.128. The number of hydrogen-bond donors (Lipinski definition) is 1. The molecule has 0 saturated carbocycles. The van der Waals surface area contributed by atoms with Crippen molar-refractivity contribution in [2.75, 3.05) is 13.6 Å². The fraction of sp³-hybridized carbons (Fsp3) is 0.333. The SMILES string of the molecule is CN1C[C@H](C(=O)NCc2ccnc(-n3cccn3)c2)CC1=O. The standard InChI is InChI=1S/C15H17N5O2/c1-19-10-12(8-14(19)21)15(22)17-9-11-3-5-16-13(7-11)20-6-2-4-18-20/h2-7,12H,8-10H2,1H3,(H,17,22)/t12-/m1/s1. The molecule has 0 unspecified atom stereocenters. The molecule has 22 heavy (non-hydrogen) atoms. The van der Waals surface area contributed by atoms with Crippen LogP contribution < -0.4 is 5.32 Å². The quantitative estimate of drug-likeness (QED) is 0.884. The van der Waals surface area contributed by atoms with E-state index in [0.29, 0.717) is 18.9 Å². The summed E-state index contributed by atoms with van der Waals surface area (Å²) in [7, 11) is 1.72. The van der Waals surface area contributed by atoms with Crippen molar-refractivity contribution >= 4 is 11.8 Å². The molecule has 0 aliphatic carbocycles. The number of carbonyl (C=O) groups is 2. The largest absolute Gasteiger partial charge is 0.352 e. The zero-order valence-electron chi connectivity index (χ0n) is 12.3. The fourth-order valence-corrected chi connectivity index (χ4v) is 2.47. The lowest BCUT2D eigenvalue weighted by Crippen LogP contribution is -2.31. The molecule has 0 radical (unpaired) electrons. The number of nitrogens with zero attached hydrogens (tertiary/aromatic N) is 4. The number of amides is 2. The zero-order chi connectivity index (χ0) is 15.5. The molecule has 1 saturated heterocycles. The molecule has 0 spiro atoms. The van der Waals surface area contributed by atoms with E-state index in [-0.39, 0.29) is 24.2 Å². The van der Waals surface area contributed by atoms with Gasteiger partial charge in [-0.3, -0.25) is 9.59 Å². The second kappa shape index (κ2) is 5.97. The van der Waals surface area contributed by atoms with Crippen molar-refractivity contribution in [1.29, 1.82) is 0 Å². The molecule has 1 aliphatic rings. The molecule has 1 fully saturated rings. The Balaban J connectivity index is 1.61. The van der Waals surface area contributed by atoms with Gasteiger partial charge in [-0.05, 0) is 23.8 Å². The highest BCUT2D eigenvalue weighted by Gasteiger charge is 2.31. The molecular formula is C15H17N5O2. The predicted molar refractivity (Wildman–Crippen MR) is 78.9 cm³/mol. The van der Waals surface area contributed by atoms with E-state index in [1.54, 1.807) is 29.0 Å². The van der Waals surface area contributed by atoms with E-state index >= 15 is 0 Å². The molecule has 114 valence electrons. The van der Waals surface area contributed by atoms with Crippen LogP contribution in [-0.2, 0) is 16.1 Å². The summed E-state index contributed by atoms with van der Waals surface area (Å²) >= 11 is 0. The first-order chi connectivity index (χ1) is 10.6. The van der Waals surface area contributed by atoms with Crippen LogP contribution in [0.5, 0.6) is 0 Å². The Morgan fingerprint density at radius 3 is 3.00 bits per heavy atom. The highest BCUT2D eigenvalue weighted by molar-refractivity contribution is 5.89. The second-order valence-electron chi connectivity index (χ2n) is 5.37. The lowest BCUT2D eigenvalue weighted by Gasteiger charge is -2.11. The third kappa shape index (κ3) is 2.98. The second-order valence-corrected chi connectivity index (χ2v) is 5.37. The zero-order valence-corrected chi connectivity index (χ0v) is 12.3. The van der Waals surface area contributed by atoms with Crippen molar-refractivity contribution in [2.24, 2.45) is 5.92 Å². The summed E-state index contributed by atoms with van der Waals surface area (Å²) in [4.78, 5) is 29.4. The molecule has 2 aromatic heterocycles. The van der Waals surface area contributed by atoms with Crippen LogP contribution in [0.25, 0.3) is 5.82 Å². The van der Waals surface area contributed by atoms with E-state index in [2.05, 4.69) is 15.4 Å². The van der Waals surface area contributed by atoms with Gasteiger partial charge in [-0.15, -0.1) is 0 Å².